The number of hydrogen-bond donors (Lipinski definition) is 2. The van der Waals surface area contributed by atoms with E-state index in [1.54, 1.807) is 30.3 Å². The lowest BCUT2D eigenvalue weighted by molar-refractivity contribution is -0.0760. The normalized spacial score (nSPS) is 24.9. The lowest BCUT2D eigenvalue weighted by Gasteiger charge is -2.57. The predicted molar refractivity (Wildman–Crippen MR) is 129 cm³/mol. The van der Waals surface area contributed by atoms with Gasteiger partial charge in [-0.15, -0.1) is 0 Å². The molecule has 4 nitrogen and oxygen atoms in total. The van der Waals surface area contributed by atoms with Crippen molar-refractivity contribution in [2.75, 3.05) is 5.73 Å². The summed E-state index contributed by atoms with van der Waals surface area (Å²) in [5.74, 6) is 0.856. The smallest absolute Gasteiger partial charge is 0.341 e. The van der Waals surface area contributed by atoms with Gasteiger partial charge in [0.25, 0.3) is 0 Å². The Morgan fingerprint density at radius 2 is 2.00 bits per heavy atom. The van der Waals surface area contributed by atoms with Gasteiger partial charge in [0.1, 0.15) is 5.60 Å². The number of carbonyl (C=O) groups excluding carboxylic acids is 1. The molecular weight excluding hydrogens is 386 g/mol. The Hall–Kier alpha value is -2.33. The molecule has 4 atom stereocenters. The molecule has 0 saturated heterocycles. The molecule has 1 saturated carbocycles. The van der Waals surface area contributed by atoms with E-state index in [9.17, 15) is 9.90 Å². The fourth-order valence-electron chi connectivity index (χ4n) is 4.61. The van der Waals surface area contributed by atoms with Gasteiger partial charge in [-0.1, -0.05) is 55.9 Å². The van der Waals surface area contributed by atoms with E-state index in [1.807, 2.05) is 26.8 Å². The number of carbonyl (C=O) groups is 1. The summed E-state index contributed by atoms with van der Waals surface area (Å²) < 4.78 is 5.57. The van der Waals surface area contributed by atoms with Crippen LogP contribution in [0.15, 0.2) is 60.2 Å². The first-order chi connectivity index (χ1) is 14.4. The number of aliphatic hydroxyl groups excluding tert-OH is 1. The second-order valence-corrected chi connectivity index (χ2v) is 9.93. The van der Waals surface area contributed by atoms with E-state index >= 15 is 0 Å². The number of nitrogen functional groups attached to an aromatic ring is 1. The van der Waals surface area contributed by atoms with Gasteiger partial charge in [-0.25, -0.2) is 4.79 Å². The molecule has 3 aliphatic carbocycles. The second kappa shape index (κ2) is 9.86. The van der Waals surface area contributed by atoms with Crippen LogP contribution in [0.25, 0.3) is 0 Å². The maximum atomic E-state index is 12.2. The van der Waals surface area contributed by atoms with Gasteiger partial charge in [-0.2, -0.15) is 0 Å². The molecular formula is C27H39NO3. The fourth-order valence-corrected chi connectivity index (χ4v) is 4.61. The molecule has 3 N–H and O–H groups in total. The highest BCUT2D eigenvalue weighted by molar-refractivity contribution is 5.95. The zero-order valence-electron chi connectivity index (χ0n) is 19.9. The third-order valence-electron chi connectivity index (χ3n) is 6.87. The summed E-state index contributed by atoms with van der Waals surface area (Å²) in [6.07, 6.45) is 8.38. The standard InChI is InChI=1S/C17H23NO2.C10H16O/c1-5-17(4,12-8-9-13(2)3)20-16(19)14-10-6-7-11-15(14)18;1-6-4-9(11)8-5-7(6)10(8,2)3/h5-7,9-11H,1,8,12,18H2,2-4H3;4,7-9,11H,5H2,1-3H3/t;7-,8+,9-/m.1/s1. The minimum absolute atomic E-state index is 0.171. The predicted octanol–water partition coefficient (Wildman–Crippen LogP) is 6.09. The Balaban J connectivity index is 0.000000258. The first-order valence-corrected chi connectivity index (χ1v) is 11.1. The van der Waals surface area contributed by atoms with Crippen LogP contribution in [-0.2, 0) is 4.74 Å². The summed E-state index contributed by atoms with van der Waals surface area (Å²) in [7, 11) is 0. The average molecular weight is 426 g/mol. The van der Waals surface area contributed by atoms with Crippen LogP contribution in [0, 0.1) is 17.3 Å². The van der Waals surface area contributed by atoms with Crippen molar-refractivity contribution in [1.82, 2.24) is 0 Å². The number of benzene rings is 1. The molecule has 0 aliphatic heterocycles. The van der Waals surface area contributed by atoms with Crippen LogP contribution in [0.1, 0.15) is 71.2 Å². The molecule has 31 heavy (non-hydrogen) atoms. The van der Waals surface area contributed by atoms with Crippen LogP contribution in [-0.4, -0.2) is 22.8 Å². The van der Waals surface area contributed by atoms with Gasteiger partial charge < -0.3 is 15.6 Å². The SMILES string of the molecule is C=CC(C)(CCC=C(C)C)OC(=O)c1ccccc1N.CC1=C[C@@H](O)[C@@H]2C[C@H]1C2(C)C. The van der Waals surface area contributed by atoms with E-state index < -0.39 is 11.6 Å². The molecule has 170 valence electrons. The largest absolute Gasteiger partial charge is 0.451 e. The van der Waals surface area contributed by atoms with Crippen LogP contribution in [0.4, 0.5) is 5.69 Å². The minimum Gasteiger partial charge on any atom is -0.451 e. The van der Waals surface area contributed by atoms with E-state index in [2.05, 4.69) is 33.4 Å². The Morgan fingerprint density at radius 1 is 1.35 bits per heavy atom. The highest BCUT2D eigenvalue weighted by Gasteiger charge is 2.53. The Kier molecular flexibility index (Phi) is 7.93. The van der Waals surface area contributed by atoms with Crippen molar-refractivity contribution in [3.05, 3.63) is 65.8 Å². The number of para-hydroxylation sites is 1. The van der Waals surface area contributed by atoms with Gasteiger partial charge in [-0.05, 0) is 82.4 Å². The number of aliphatic hydroxyl groups is 1. The van der Waals surface area contributed by atoms with Crippen LogP contribution in [0.3, 0.4) is 0 Å². The summed E-state index contributed by atoms with van der Waals surface area (Å²) in [6.45, 7) is 16.4. The van der Waals surface area contributed by atoms with Gasteiger partial charge in [0.2, 0.25) is 0 Å². The zero-order valence-corrected chi connectivity index (χ0v) is 19.9. The van der Waals surface area contributed by atoms with Crippen molar-refractivity contribution in [2.24, 2.45) is 17.3 Å². The highest BCUT2D eigenvalue weighted by Crippen LogP contribution is 2.58. The van der Waals surface area contributed by atoms with Crippen LogP contribution >= 0.6 is 0 Å². The molecule has 2 bridgehead atoms. The van der Waals surface area contributed by atoms with Gasteiger partial charge in [0, 0.05) is 5.69 Å². The van der Waals surface area contributed by atoms with Crippen molar-refractivity contribution in [3.8, 4) is 0 Å². The number of nitrogens with two attached hydrogens (primary N) is 1. The maximum absolute atomic E-state index is 12.2. The quantitative estimate of drug-likeness (QED) is 0.329. The molecule has 1 unspecified atom stereocenters. The summed E-state index contributed by atoms with van der Waals surface area (Å²) in [5.41, 5.74) is 8.91. The summed E-state index contributed by atoms with van der Waals surface area (Å²) in [6, 6.07) is 6.90. The molecule has 0 amide bonds. The number of hydrogen-bond acceptors (Lipinski definition) is 4. The highest BCUT2D eigenvalue weighted by atomic mass is 16.6. The number of anilines is 1. The molecule has 1 aromatic carbocycles. The molecule has 3 aliphatic rings. The number of esters is 1. The monoisotopic (exact) mass is 425 g/mol. The lowest BCUT2D eigenvalue weighted by atomic mass is 9.48. The van der Waals surface area contributed by atoms with Gasteiger partial charge >= 0.3 is 5.97 Å². The zero-order chi connectivity index (χ0) is 23.4. The van der Waals surface area contributed by atoms with Crippen LogP contribution in [0.5, 0.6) is 0 Å². The molecule has 4 rings (SSSR count). The molecule has 0 aromatic heterocycles. The number of rotatable bonds is 6. The van der Waals surface area contributed by atoms with Gasteiger partial charge in [0.15, 0.2) is 0 Å². The minimum atomic E-state index is -0.689. The summed E-state index contributed by atoms with van der Waals surface area (Å²) in [4.78, 5) is 12.2. The van der Waals surface area contributed by atoms with Crippen molar-refractivity contribution >= 4 is 11.7 Å². The summed E-state index contributed by atoms with van der Waals surface area (Å²) in [5, 5.41) is 9.65. The Bertz CT molecular complexity index is 863. The first kappa shape index (κ1) is 24.9. The van der Waals surface area contributed by atoms with Crippen molar-refractivity contribution < 1.29 is 14.6 Å². The van der Waals surface area contributed by atoms with Crippen LogP contribution in [0.2, 0.25) is 0 Å². The Labute approximate surface area is 187 Å². The van der Waals surface area contributed by atoms with Crippen molar-refractivity contribution in [1.29, 1.82) is 0 Å². The number of ether oxygens (including phenoxy) is 1. The molecule has 0 spiro atoms. The number of allylic oxidation sites excluding steroid dienone is 3. The maximum Gasteiger partial charge on any atom is 0.341 e. The van der Waals surface area contributed by atoms with E-state index in [-0.39, 0.29) is 6.10 Å². The first-order valence-electron chi connectivity index (χ1n) is 11.1. The lowest BCUT2D eigenvalue weighted by Crippen LogP contribution is -2.53. The third kappa shape index (κ3) is 5.88. The number of fused-ring (bicyclic) bond motifs is 1. The van der Waals surface area contributed by atoms with Crippen molar-refractivity contribution in [2.45, 2.75) is 72.5 Å². The molecule has 1 aromatic rings. The van der Waals surface area contributed by atoms with E-state index in [4.69, 9.17) is 10.5 Å². The topological polar surface area (TPSA) is 72.5 Å². The van der Waals surface area contributed by atoms with E-state index in [0.29, 0.717) is 29.0 Å². The second-order valence-electron chi connectivity index (χ2n) is 9.93. The average Bonchev–Trinajstić information content (AvgIpc) is 2.67. The summed E-state index contributed by atoms with van der Waals surface area (Å²) >= 11 is 0. The van der Waals surface area contributed by atoms with Crippen molar-refractivity contribution in [3.63, 3.8) is 0 Å². The van der Waals surface area contributed by atoms with E-state index in [0.717, 1.165) is 12.3 Å². The van der Waals surface area contributed by atoms with Gasteiger partial charge in [-0.3, -0.25) is 0 Å². The van der Waals surface area contributed by atoms with Crippen LogP contribution < -0.4 is 5.73 Å². The molecule has 4 heteroatoms. The molecule has 1 fully saturated rings. The molecule has 0 radical (unpaired) electrons. The van der Waals surface area contributed by atoms with Gasteiger partial charge in [0.05, 0.1) is 11.7 Å². The molecule has 0 heterocycles. The fraction of sp³-hybridized carbons (Fsp3) is 0.519. The third-order valence-corrected chi connectivity index (χ3v) is 6.87. The Morgan fingerprint density at radius 3 is 2.48 bits per heavy atom. The van der Waals surface area contributed by atoms with E-state index in [1.165, 1.54) is 17.6 Å².